The van der Waals surface area contributed by atoms with Crippen LogP contribution in [0.3, 0.4) is 0 Å². The van der Waals surface area contributed by atoms with E-state index in [0.717, 1.165) is 12.8 Å². The van der Waals surface area contributed by atoms with Gasteiger partial charge in [0.05, 0.1) is 12.3 Å². The van der Waals surface area contributed by atoms with Gasteiger partial charge in [0.15, 0.2) is 0 Å². The van der Waals surface area contributed by atoms with E-state index in [2.05, 4.69) is 32.1 Å². The Hall–Kier alpha value is -2.91. The van der Waals surface area contributed by atoms with Crippen molar-refractivity contribution >= 4 is 12.1 Å². The second-order valence-electron chi connectivity index (χ2n) is 8.53. The lowest BCUT2D eigenvalue weighted by Gasteiger charge is -2.09. The van der Waals surface area contributed by atoms with Crippen molar-refractivity contribution in [3.63, 3.8) is 0 Å². The Kier molecular flexibility index (Phi) is 12.3. The van der Waals surface area contributed by atoms with Gasteiger partial charge in [0, 0.05) is 11.1 Å². The normalized spacial score (nSPS) is 12.7. The molecule has 0 saturated heterocycles. The van der Waals surface area contributed by atoms with Crippen molar-refractivity contribution in [3.8, 4) is 11.4 Å². The predicted molar refractivity (Wildman–Crippen MR) is 128 cm³/mol. The topological polar surface area (TPSA) is 89.6 Å². The standard InChI is InChI=1S/C25H35F3N4O3/c1-3-4-5-6-7-8-9-10-11-12-17-34-29-18-19(2)30-23(33)21-15-13-20(14-16-21)22-31-24(35-32-22)25(26,27)28/h13-16,18-19H,3-12,17H2,1-2H3,(H,30,33). The van der Waals surface area contributed by atoms with E-state index in [9.17, 15) is 18.0 Å². The molecule has 10 heteroatoms. The lowest BCUT2D eigenvalue weighted by atomic mass is 10.1. The van der Waals surface area contributed by atoms with Crippen LogP contribution < -0.4 is 5.32 Å². The highest BCUT2D eigenvalue weighted by molar-refractivity contribution is 5.96. The van der Waals surface area contributed by atoms with Gasteiger partial charge < -0.3 is 14.7 Å². The molecular formula is C25H35F3N4O3. The summed E-state index contributed by atoms with van der Waals surface area (Å²) in [5.74, 6) is -1.98. The SMILES string of the molecule is CCCCCCCCCCCCON=CC(C)NC(=O)c1ccc(-c2noc(C(F)(F)F)n2)cc1. The quantitative estimate of drug-likeness (QED) is 0.157. The number of hydrogen-bond donors (Lipinski definition) is 1. The van der Waals surface area contributed by atoms with Gasteiger partial charge in [-0.3, -0.25) is 4.79 Å². The second kappa shape index (κ2) is 15.2. The van der Waals surface area contributed by atoms with Crippen molar-refractivity contribution in [2.24, 2.45) is 5.16 Å². The molecule has 2 rings (SSSR count). The Bertz CT molecular complexity index is 898. The molecule has 0 bridgehead atoms. The number of carbonyl (C=O) groups excluding carboxylic acids is 1. The van der Waals surface area contributed by atoms with Crippen molar-refractivity contribution in [3.05, 3.63) is 35.7 Å². The number of carbonyl (C=O) groups is 1. The van der Waals surface area contributed by atoms with Crippen LogP contribution in [0.1, 0.15) is 94.3 Å². The zero-order valence-electron chi connectivity index (χ0n) is 20.4. The highest BCUT2D eigenvalue weighted by atomic mass is 19.4. The molecule has 1 N–H and O–H groups in total. The molecule has 1 heterocycles. The first-order valence-corrected chi connectivity index (χ1v) is 12.3. The first-order valence-electron chi connectivity index (χ1n) is 12.3. The Balaban J connectivity index is 1.61. The highest BCUT2D eigenvalue weighted by Crippen LogP contribution is 2.29. The maximum absolute atomic E-state index is 12.6. The van der Waals surface area contributed by atoms with Crippen LogP contribution in [0.2, 0.25) is 0 Å². The molecule has 0 spiro atoms. The summed E-state index contributed by atoms with van der Waals surface area (Å²) >= 11 is 0. The van der Waals surface area contributed by atoms with Gasteiger partial charge in [0.25, 0.3) is 5.91 Å². The summed E-state index contributed by atoms with van der Waals surface area (Å²) < 4.78 is 42.0. The number of aromatic nitrogens is 2. The average molecular weight is 497 g/mol. The van der Waals surface area contributed by atoms with E-state index in [1.54, 1.807) is 6.92 Å². The van der Waals surface area contributed by atoms with Crippen molar-refractivity contribution in [2.75, 3.05) is 6.61 Å². The summed E-state index contributed by atoms with van der Waals surface area (Å²) in [6.07, 6.45) is 9.31. The monoisotopic (exact) mass is 496 g/mol. The Morgan fingerprint density at radius 2 is 1.66 bits per heavy atom. The van der Waals surface area contributed by atoms with Crippen LogP contribution in [-0.2, 0) is 11.0 Å². The number of oxime groups is 1. The van der Waals surface area contributed by atoms with Gasteiger partial charge in [-0.1, -0.05) is 80.7 Å². The zero-order valence-corrected chi connectivity index (χ0v) is 20.4. The largest absolute Gasteiger partial charge is 0.471 e. The Morgan fingerprint density at radius 1 is 1.06 bits per heavy atom. The summed E-state index contributed by atoms with van der Waals surface area (Å²) in [4.78, 5) is 21.0. The smallest absolute Gasteiger partial charge is 0.396 e. The molecule has 1 unspecified atom stereocenters. The lowest BCUT2D eigenvalue weighted by Crippen LogP contribution is -2.33. The minimum Gasteiger partial charge on any atom is -0.396 e. The van der Waals surface area contributed by atoms with E-state index in [1.165, 1.54) is 81.8 Å². The molecular weight excluding hydrogens is 461 g/mol. The van der Waals surface area contributed by atoms with Gasteiger partial charge in [-0.05, 0) is 31.9 Å². The van der Waals surface area contributed by atoms with Gasteiger partial charge in [0.2, 0.25) is 5.82 Å². The lowest BCUT2D eigenvalue weighted by molar-refractivity contribution is -0.159. The molecule has 0 fully saturated rings. The third-order valence-corrected chi connectivity index (χ3v) is 5.38. The first-order chi connectivity index (χ1) is 16.8. The van der Waals surface area contributed by atoms with Crippen molar-refractivity contribution in [1.82, 2.24) is 15.5 Å². The number of nitrogens with one attached hydrogen (secondary N) is 1. The second-order valence-corrected chi connectivity index (χ2v) is 8.53. The summed E-state index contributed by atoms with van der Waals surface area (Å²) in [7, 11) is 0. The highest BCUT2D eigenvalue weighted by Gasteiger charge is 2.38. The van der Waals surface area contributed by atoms with E-state index >= 15 is 0 Å². The molecule has 0 aliphatic carbocycles. The number of amides is 1. The maximum Gasteiger partial charge on any atom is 0.471 e. The van der Waals surface area contributed by atoms with E-state index in [4.69, 9.17) is 4.84 Å². The summed E-state index contributed by atoms with van der Waals surface area (Å²) in [5, 5.41) is 9.99. The zero-order chi connectivity index (χ0) is 25.5. The molecule has 0 aliphatic rings. The predicted octanol–water partition coefficient (Wildman–Crippen LogP) is 6.80. The summed E-state index contributed by atoms with van der Waals surface area (Å²) in [5.41, 5.74) is 0.635. The van der Waals surface area contributed by atoms with Crippen LogP contribution in [0.5, 0.6) is 0 Å². The van der Waals surface area contributed by atoms with Crippen LogP contribution in [-0.4, -0.2) is 34.9 Å². The summed E-state index contributed by atoms with van der Waals surface area (Å²) in [6, 6.07) is 5.49. The van der Waals surface area contributed by atoms with Gasteiger partial charge >= 0.3 is 12.1 Å². The molecule has 7 nitrogen and oxygen atoms in total. The Labute approximate surface area is 204 Å². The van der Waals surface area contributed by atoms with Gasteiger partial charge in [-0.2, -0.15) is 18.2 Å². The van der Waals surface area contributed by atoms with Crippen LogP contribution in [0.25, 0.3) is 11.4 Å². The number of hydrogen-bond acceptors (Lipinski definition) is 6. The van der Waals surface area contributed by atoms with E-state index in [1.807, 2.05) is 0 Å². The van der Waals surface area contributed by atoms with E-state index in [0.29, 0.717) is 17.7 Å². The van der Waals surface area contributed by atoms with Crippen LogP contribution >= 0.6 is 0 Å². The van der Waals surface area contributed by atoms with E-state index in [-0.39, 0.29) is 17.8 Å². The maximum atomic E-state index is 12.6. The number of benzene rings is 1. The number of nitrogens with zero attached hydrogens (tertiary/aromatic N) is 3. The Morgan fingerprint density at radius 3 is 2.23 bits per heavy atom. The molecule has 1 atom stereocenters. The van der Waals surface area contributed by atoms with Gasteiger partial charge in [0.1, 0.15) is 6.61 Å². The average Bonchev–Trinajstić information content (AvgIpc) is 3.33. The summed E-state index contributed by atoms with van der Waals surface area (Å²) in [6.45, 7) is 4.53. The third-order valence-electron chi connectivity index (χ3n) is 5.38. The minimum absolute atomic E-state index is 0.204. The molecule has 2 aromatic rings. The van der Waals surface area contributed by atoms with Crippen LogP contribution in [0.4, 0.5) is 13.2 Å². The van der Waals surface area contributed by atoms with Crippen molar-refractivity contribution in [1.29, 1.82) is 0 Å². The fraction of sp³-hybridized carbons (Fsp3) is 0.600. The molecule has 0 saturated carbocycles. The third kappa shape index (κ3) is 10.9. The minimum atomic E-state index is -4.71. The van der Waals surface area contributed by atoms with Crippen molar-refractivity contribution in [2.45, 2.75) is 90.3 Å². The number of halogens is 3. The molecule has 0 radical (unpaired) electrons. The van der Waals surface area contributed by atoms with Gasteiger partial charge in [-0.15, -0.1) is 0 Å². The number of unbranched alkanes of at least 4 members (excludes halogenated alkanes) is 9. The molecule has 1 amide bonds. The number of rotatable bonds is 16. The molecule has 1 aromatic heterocycles. The van der Waals surface area contributed by atoms with Crippen molar-refractivity contribution < 1.29 is 27.3 Å². The fourth-order valence-corrected chi connectivity index (χ4v) is 3.40. The van der Waals surface area contributed by atoms with E-state index < -0.39 is 12.1 Å². The first kappa shape index (κ1) is 28.3. The molecule has 35 heavy (non-hydrogen) atoms. The van der Waals surface area contributed by atoms with Crippen LogP contribution in [0, 0.1) is 0 Å². The van der Waals surface area contributed by atoms with Gasteiger partial charge in [-0.25, -0.2) is 0 Å². The van der Waals surface area contributed by atoms with Crippen LogP contribution in [0.15, 0.2) is 33.9 Å². The molecule has 1 aromatic carbocycles. The fourth-order valence-electron chi connectivity index (χ4n) is 3.40. The molecule has 0 aliphatic heterocycles. The molecule has 194 valence electrons. The number of alkyl halides is 3.